The molecular weight excluding hydrogens is 543 g/mol. The Morgan fingerprint density at radius 1 is 1.00 bits per heavy atom. The van der Waals surface area contributed by atoms with E-state index in [-0.39, 0.29) is 5.82 Å². The number of aromatic nitrogens is 4. The van der Waals surface area contributed by atoms with Crippen molar-refractivity contribution >= 4 is 36.5 Å². The number of nitrogens with zero attached hydrogens (tertiary/aromatic N) is 4. The predicted octanol–water partition coefficient (Wildman–Crippen LogP) is 2.20. The molecule has 6 atom stereocenters. The zero-order valence-corrected chi connectivity index (χ0v) is 21.7. The first-order chi connectivity index (χ1) is 19.3. The topological polar surface area (TPSA) is 182 Å². The SMILES string of the molecule is O=C(Nc1ccccc1)Nc1ncnc2c1ncn2[C@@H]1O[C@H](COP(=O)([O-])O)C2OC(Cc3ccccc3)O[C@@H]21. The van der Waals surface area contributed by atoms with Gasteiger partial charge in [-0.2, -0.15) is 0 Å². The van der Waals surface area contributed by atoms with E-state index in [9.17, 15) is 14.3 Å². The molecule has 0 saturated carbocycles. The summed E-state index contributed by atoms with van der Waals surface area (Å²) in [6, 6.07) is 18.0. The van der Waals surface area contributed by atoms with Crippen LogP contribution in [-0.2, 0) is 29.7 Å². The Morgan fingerprint density at radius 3 is 2.48 bits per heavy atom. The summed E-state index contributed by atoms with van der Waals surface area (Å²) in [6.45, 7) is -0.482. The summed E-state index contributed by atoms with van der Waals surface area (Å²) in [5.41, 5.74) is 2.22. The van der Waals surface area contributed by atoms with Gasteiger partial charge < -0.3 is 33.8 Å². The van der Waals surface area contributed by atoms with Crippen molar-refractivity contribution in [1.29, 1.82) is 0 Å². The van der Waals surface area contributed by atoms with Crippen LogP contribution < -0.4 is 15.5 Å². The Hall–Kier alpha value is -3.75. The molecule has 0 spiro atoms. The minimum absolute atomic E-state index is 0.171. The van der Waals surface area contributed by atoms with Crippen LogP contribution in [0.1, 0.15) is 11.8 Å². The van der Waals surface area contributed by atoms with E-state index in [1.807, 2.05) is 36.4 Å². The van der Waals surface area contributed by atoms with Crippen LogP contribution in [0.3, 0.4) is 0 Å². The summed E-state index contributed by atoms with van der Waals surface area (Å²) in [7, 11) is -5.00. The van der Waals surface area contributed by atoms with E-state index in [2.05, 4.69) is 30.1 Å². The molecule has 2 aliphatic rings. The highest BCUT2D eigenvalue weighted by Gasteiger charge is 2.54. The maximum atomic E-state index is 12.6. The minimum atomic E-state index is -5.00. The lowest BCUT2D eigenvalue weighted by Crippen LogP contribution is -2.32. The fourth-order valence-electron chi connectivity index (χ4n) is 4.75. The van der Waals surface area contributed by atoms with Crippen LogP contribution in [0, 0.1) is 0 Å². The lowest BCUT2D eigenvalue weighted by molar-refractivity contribution is -0.224. The highest BCUT2D eigenvalue weighted by Crippen LogP contribution is 2.43. The van der Waals surface area contributed by atoms with E-state index in [0.717, 1.165) is 5.56 Å². The van der Waals surface area contributed by atoms with Crippen molar-refractivity contribution in [2.75, 3.05) is 17.2 Å². The van der Waals surface area contributed by atoms with Gasteiger partial charge in [-0.25, -0.2) is 19.7 Å². The number of hydrogen-bond donors (Lipinski definition) is 3. The molecule has 2 aromatic heterocycles. The van der Waals surface area contributed by atoms with Crippen molar-refractivity contribution in [3.05, 3.63) is 78.9 Å². The number of benzene rings is 2. The Balaban J connectivity index is 1.24. The number of urea groups is 1. The molecule has 15 heteroatoms. The number of carbonyl (C=O) groups excluding carboxylic acids is 1. The highest BCUT2D eigenvalue weighted by molar-refractivity contribution is 7.44. The normalized spacial score (nSPS) is 25.4. The van der Waals surface area contributed by atoms with Crippen molar-refractivity contribution in [1.82, 2.24) is 19.5 Å². The monoisotopic (exact) mass is 567 g/mol. The smallest absolute Gasteiger partial charge is 0.324 e. The second kappa shape index (κ2) is 11.0. The summed E-state index contributed by atoms with van der Waals surface area (Å²) in [6.07, 6.45) is -0.572. The molecule has 208 valence electrons. The molecule has 0 bridgehead atoms. The van der Waals surface area contributed by atoms with Gasteiger partial charge in [-0.3, -0.25) is 14.4 Å². The first-order valence-corrected chi connectivity index (χ1v) is 13.8. The first-order valence-electron chi connectivity index (χ1n) is 12.3. The lowest BCUT2D eigenvalue weighted by Gasteiger charge is -2.23. The van der Waals surface area contributed by atoms with E-state index in [1.54, 1.807) is 28.8 Å². The number of amides is 2. The van der Waals surface area contributed by atoms with Gasteiger partial charge in [-0.15, -0.1) is 0 Å². The van der Waals surface area contributed by atoms with Gasteiger partial charge in [0.2, 0.25) is 0 Å². The third-order valence-corrected chi connectivity index (χ3v) is 6.92. The molecule has 14 nitrogen and oxygen atoms in total. The number of ether oxygens (including phenoxy) is 3. The maximum Gasteiger partial charge on any atom is 0.324 e. The minimum Gasteiger partial charge on any atom is -0.756 e. The fraction of sp³-hybridized carbons (Fsp3) is 0.280. The van der Waals surface area contributed by atoms with E-state index < -0.39 is 51.3 Å². The largest absolute Gasteiger partial charge is 0.756 e. The summed E-state index contributed by atoms with van der Waals surface area (Å²) < 4.78 is 35.9. The van der Waals surface area contributed by atoms with Gasteiger partial charge in [-0.1, -0.05) is 48.5 Å². The Morgan fingerprint density at radius 2 is 1.73 bits per heavy atom. The van der Waals surface area contributed by atoms with Crippen LogP contribution >= 0.6 is 7.82 Å². The molecule has 4 aromatic rings. The number of imidazole rings is 1. The number of nitrogens with one attached hydrogen (secondary N) is 2. The number of hydrogen-bond acceptors (Lipinski definition) is 10. The quantitative estimate of drug-likeness (QED) is 0.265. The molecule has 4 heterocycles. The molecule has 2 aliphatic heterocycles. The standard InChI is InChI=1S/C25H25N6O8P/c32-25(29-16-9-5-2-6-10-16)30-22-19-23(27-13-26-22)31(14-28-19)24-21-20(17(37-24)12-36-40(33,34)35)38-18(39-21)11-15-7-3-1-4-8-15/h1-10,13-14,17-18,20-21,24H,11-12H2,(H2,33,34,35)(H2,26,27,29,30,32)/p-1/t17-,18?,20?,21+,24-/m1/s1. The van der Waals surface area contributed by atoms with Gasteiger partial charge >= 0.3 is 6.03 Å². The summed E-state index contributed by atoms with van der Waals surface area (Å²) >= 11 is 0. The average molecular weight is 567 g/mol. The van der Waals surface area contributed by atoms with Crippen molar-refractivity contribution in [3.8, 4) is 0 Å². The van der Waals surface area contributed by atoms with Gasteiger partial charge in [0.05, 0.1) is 12.9 Å². The van der Waals surface area contributed by atoms with Crippen LogP contribution in [0.4, 0.5) is 16.3 Å². The molecule has 0 radical (unpaired) electrons. The number of carbonyl (C=O) groups is 1. The van der Waals surface area contributed by atoms with Gasteiger partial charge in [0.15, 0.2) is 29.5 Å². The first kappa shape index (κ1) is 26.5. The third kappa shape index (κ3) is 5.74. The zero-order chi connectivity index (χ0) is 27.7. The molecule has 6 rings (SSSR count). The molecule has 3 unspecified atom stereocenters. The Kier molecular flexibility index (Phi) is 7.29. The van der Waals surface area contributed by atoms with Gasteiger partial charge in [0, 0.05) is 12.1 Å². The van der Waals surface area contributed by atoms with Crippen LogP contribution in [0.25, 0.3) is 11.2 Å². The maximum absolute atomic E-state index is 12.6. The van der Waals surface area contributed by atoms with Crippen molar-refractivity contribution < 1.29 is 37.9 Å². The second-order valence-corrected chi connectivity index (χ2v) is 10.3. The van der Waals surface area contributed by atoms with Crippen molar-refractivity contribution in [2.45, 2.75) is 37.3 Å². The van der Waals surface area contributed by atoms with E-state index >= 15 is 0 Å². The Labute approximate surface area is 227 Å². The number of rotatable bonds is 8. The lowest BCUT2D eigenvalue weighted by atomic mass is 10.1. The summed E-state index contributed by atoms with van der Waals surface area (Å²) in [5.74, 6) is 0.171. The van der Waals surface area contributed by atoms with Crippen molar-refractivity contribution in [3.63, 3.8) is 0 Å². The highest BCUT2D eigenvalue weighted by atomic mass is 31.2. The second-order valence-electron chi connectivity index (χ2n) is 9.14. The van der Waals surface area contributed by atoms with Crippen LogP contribution in [0.2, 0.25) is 0 Å². The number of phosphoric ester groups is 1. The number of anilines is 2. The van der Waals surface area contributed by atoms with Gasteiger partial charge in [0.1, 0.15) is 24.6 Å². The molecule has 3 N–H and O–H groups in total. The summed E-state index contributed by atoms with van der Waals surface area (Å²) in [4.78, 5) is 45.8. The molecule has 2 saturated heterocycles. The summed E-state index contributed by atoms with van der Waals surface area (Å²) in [5, 5.41) is 5.39. The van der Waals surface area contributed by atoms with Crippen LogP contribution in [0.5, 0.6) is 0 Å². The van der Waals surface area contributed by atoms with E-state index in [1.165, 1.54) is 12.7 Å². The molecule has 2 aromatic carbocycles. The van der Waals surface area contributed by atoms with Gasteiger partial charge in [0.25, 0.3) is 7.82 Å². The number of para-hydroxylation sites is 1. The molecule has 0 aliphatic carbocycles. The van der Waals surface area contributed by atoms with Gasteiger partial charge in [-0.05, 0) is 17.7 Å². The third-order valence-electron chi connectivity index (χ3n) is 6.45. The van der Waals surface area contributed by atoms with Crippen molar-refractivity contribution in [2.24, 2.45) is 0 Å². The molecule has 2 amide bonds. The Bertz CT molecular complexity index is 1530. The molecule has 40 heavy (non-hydrogen) atoms. The molecular formula is C25H24N6O8P-. The zero-order valence-electron chi connectivity index (χ0n) is 20.8. The predicted molar refractivity (Wildman–Crippen MR) is 138 cm³/mol. The van der Waals surface area contributed by atoms with E-state index in [4.69, 9.17) is 19.1 Å². The number of fused-ring (bicyclic) bond motifs is 2. The van der Waals surface area contributed by atoms with Crippen LogP contribution in [0.15, 0.2) is 73.3 Å². The van der Waals surface area contributed by atoms with Crippen LogP contribution in [-0.4, -0.2) is 61.7 Å². The average Bonchev–Trinajstić information content (AvgIpc) is 3.62. The fourth-order valence-corrected chi connectivity index (χ4v) is 5.08. The molecule has 2 fully saturated rings. The van der Waals surface area contributed by atoms with E-state index in [0.29, 0.717) is 23.3 Å². The number of phosphoric acid groups is 1.